The van der Waals surface area contributed by atoms with Crippen LogP contribution in [0.1, 0.15) is 38.3 Å². The van der Waals surface area contributed by atoms with Gasteiger partial charge in [0.1, 0.15) is 17.2 Å². The molecule has 0 amide bonds. The molecule has 0 fully saturated rings. The summed E-state index contributed by atoms with van der Waals surface area (Å²) in [5.74, 6) is 2.01. The van der Waals surface area contributed by atoms with Crippen LogP contribution < -0.4 is 14.2 Å². The number of Topliss-reactive ketones (excluding diaryl/α,β-unsaturated/α-hetero) is 2. The molecule has 0 bridgehead atoms. The number of benzene rings is 3. The lowest BCUT2D eigenvalue weighted by atomic mass is 9.86. The lowest BCUT2D eigenvalue weighted by Crippen LogP contribution is -2.14. The van der Waals surface area contributed by atoms with E-state index in [1.54, 1.807) is 50.6 Å². The number of aryl methyl sites for hydroxylation is 1. The van der Waals surface area contributed by atoms with Crippen molar-refractivity contribution in [2.24, 2.45) is 0 Å². The molecule has 5 nitrogen and oxygen atoms in total. The number of hydrogen-bond acceptors (Lipinski definition) is 5. The Bertz CT molecular complexity index is 1160. The van der Waals surface area contributed by atoms with Crippen molar-refractivity contribution in [3.63, 3.8) is 0 Å². The molecule has 0 saturated heterocycles. The standard InChI is InChI=1S/C27H24O5/c1-30-22-11-7-19(8-12-22)26(28)17-32-23-9-3-18(4-10-23)15-21-6-5-20-16-24(31-2)13-14-25(20)27(21)29/h3-4,7-16H,5-6,17H2,1-2H3/b21-15+. The van der Waals surface area contributed by atoms with Gasteiger partial charge in [-0.2, -0.15) is 0 Å². The summed E-state index contributed by atoms with van der Waals surface area (Å²) in [5, 5.41) is 0. The van der Waals surface area contributed by atoms with Gasteiger partial charge in [-0.15, -0.1) is 0 Å². The maximum Gasteiger partial charge on any atom is 0.200 e. The molecule has 0 spiro atoms. The van der Waals surface area contributed by atoms with Crippen LogP contribution in [0.5, 0.6) is 17.2 Å². The largest absolute Gasteiger partial charge is 0.497 e. The minimum atomic E-state index is -0.109. The van der Waals surface area contributed by atoms with Gasteiger partial charge in [-0.3, -0.25) is 9.59 Å². The second-order valence-electron chi connectivity index (χ2n) is 7.53. The van der Waals surface area contributed by atoms with E-state index in [0.29, 0.717) is 23.5 Å². The third-order valence-corrected chi connectivity index (χ3v) is 5.52. The Kier molecular flexibility index (Phi) is 6.36. The normalized spacial score (nSPS) is 14.1. The minimum Gasteiger partial charge on any atom is -0.497 e. The molecule has 3 aromatic rings. The van der Waals surface area contributed by atoms with Gasteiger partial charge in [0.25, 0.3) is 0 Å². The van der Waals surface area contributed by atoms with Crippen molar-refractivity contribution in [2.75, 3.05) is 20.8 Å². The van der Waals surface area contributed by atoms with Crippen molar-refractivity contribution in [1.29, 1.82) is 0 Å². The summed E-state index contributed by atoms with van der Waals surface area (Å²) in [6.07, 6.45) is 3.41. The predicted molar refractivity (Wildman–Crippen MR) is 123 cm³/mol. The number of methoxy groups -OCH3 is 2. The average molecular weight is 428 g/mol. The molecule has 0 N–H and O–H groups in total. The number of rotatable bonds is 7. The van der Waals surface area contributed by atoms with E-state index in [1.807, 2.05) is 36.4 Å². The van der Waals surface area contributed by atoms with Gasteiger partial charge in [0.2, 0.25) is 0 Å². The fourth-order valence-corrected chi connectivity index (χ4v) is 3.69. The number of hydrogen-bond donors (Lipinski definition) is 0. The first-order valence-corrected chi connectivity index (χ1v) is 10.4. The molecule has 162 valence electrons. The Morgan fingerprint density at radius 3 is 2.19 bits per heavy atom. The first kappa shape index (κ1) is 21.4. The molecule has 0 radical (unpaired) electrons. The molecule has 4 rings (SSSR count). The molecule has 3 aromatic carbocycles. The van der Waals surface area contributed by atoms with E-state index in [4.69, 9.17) is 14.2 Å². The van der Waals surface area contributed by atoms with Crippen LogP contribution in [-0.4, -0.2) is 32.4 Å². The third-order valence-electron chi connectivity index (χ3n) is 5.52. The second kappa shape index (κ2) is 9.52. The number of fused-ring (bicyclic) bond motifs is 1. The van der Waals surface area contributed by atoms with Crippen LogP contribution in [0.2, 0.25) is 0 Å². The van der Waals surface area contributed by atoms with Crippen molar-refractivity contribution in [3.05, 3.63) is 94.6 Å². The Hall–Kier alpha value is -3.86. The summed E-state index contributed by atoms with van der Waals surface area (Å²) in [6.45, 7) is -0.0501. The first-order chi connectivity index (χ1) is 15.6. The molecule has 32 heavy (non-hydrogen) atoms. The average Bonchev–Trinajstić information content (AvgIpc) is 2.85. The molecule has 0 atom stereocenters. The summed E-state index contributed by atoms with van der Waals surface area (Å²) in [7, 11) is 3.21. The van der Waals surface area contributed by atoms with Crippen LogP contribution in [-0.2, 0) is 6.42 Å². The topological polar surface area (TPSA) is 61.8 Å². The van der Waals surface area contributed by atoms with Crippen molar-refractivity contribution in [1.82, 2.24) is 0 Å². The van der Waals surface area contributed by atoms with Crippen LogP contribution >= 0.6 is 0 Å². The molecule has 0 saturated carbocycles. The Labute approximate surface area is 187 Å². The number of carbonyl (C=O) groups excluding carboxylic acids is 2. The number of allylic oxidation sites excluding steroid dienone is 1. The Morgan fingerprint density at radius 2 is 1.50 bits per heavy atom. The number of ketones is 2. The van der Waals surface area contributed by atoms with Crippen molar-refractivity contribution in [2.45, 2.75) is 12.8 Å². The maximum absolute atomic E-state index is 12.9. The third kappa shape index (κ3) is 4.72. The van der Waals surface area contributed by atoms with E-state index in [2.05, 4.69) is 0 Å². The highest BCUT2D eigenvalue weighted by Gasteiger charge is 2.22. The van der Waals surface area contributed by atoms with Gasteiger partial charge < -0.3 is 14.2 Å². The van der Waals surface area contributed by atoms with Crippen LogP contribution in [0.4, 0.5) is 0 Å². The van der Waals surface area contributed by atoms with Gasteiger partial charge in [-0.05, 0) is 84.6 Å². The summed E-state index contributed by atoms with van der Waals surface area (Å²) in [6, 6.07) is 19.9. The van der Waals surface area contributed by atoms with Crippen LogP contribution in [0.15, 0.2) is 72.3 Å². The molecular formula is C27H24O5. The van der Waals surface area contributed by atoms with Crippen molar-refractivity contribution >= 4 is 17.6 Å². The SMILES string of the molecule is COc1ccc(C(=O)COc2ccc(/C=C3\CCc4cc(OC)ccc4C3=O)cc2)cc1. The molecule has 1 aliphatic carbocycles. The summed E-state index contributed by atoms with van der Waals surface area (Å²) < 4.78 is 16.0. The maximum atomic E-state index is 12.9. The van der Waals surface area contributed by atoms with Crippen LogP contribution in [0.25, 0.3) is 6.08 Å². The molecule has 0 heterocycles. The molecule has 5 heteroatoms. The van der Waals surface area contributed by atoms with Crippen LogP contribution in [0.3, 0.4) is 0 Å². The molecule has 0 aromatic heterocycles. The van der Waals surface area contributed by atoms with Crippen LogP contribution in [0, 0.1) is 0 Å². The smallest absolute Gasteiger partial charge is 0.200 e. The first-order valence-electron chi connectivity index (χ1n) is 10.4. The Morgan fingerprint density at radius 1 is 0.844 bits per heavy atom. The second-order valence-corrected chi connectivity index (χ2v) is 7.53. The van der Waals surface area contributed by atoms with Crippen molar-refractivity contribution < 1.29 is 23.8 Å². The monoisotopic (exact) mass is 428 g/mol. The van der Waals surface area contributed by atoms with Crippen molar-refractivity contribution in [3.8, 4) is 17.2 Å². The molecular weight excluding hydrogens is 404 g/mol. The zero-order valence-electron chi connectivity index (χ0n) is 18.1. The summed E-state index contributed by atoms with van der Waals surface area (Å²) >= 11 is 0. The fraction of sp³-hybridized carbons (Fsp3) is 0.185. The van der Waals surface area contributed by atoms with E-state index < -0.39 is 0 Å². The van der Waals surface area contributed by atoms with Gasteiger partial charge in [0.15, 0.2) is 18.2 Å². The number of carbonyl (C=O) groups is 2. The lowest BCUT2D eigenvalue weighted by molar-refractivity contribution is 0.0921. The van der Waals surface area contributed by atoms with Gasteiger partial charge in [0, 0.05) is 16.7 Å². The predicted octanol–water partition coefficient (Wildman–Crippen LogP) is 5.18. The van der Waals surface area contributed by atoms with E-state index in [-0.39, 0.29) is 18.2 Å². The van der Waals surface area contributed by atoms with E-state index in [0.717, 1.165) is 34.4 Å². The quantitative estimate of drug-likeness (QED) is 0.383. The van der Waals surface area contributed by atoms with E-state index >= 15 is 0 Å². The number of ether oxygens (including phenoxy) is 3. The summed E-state index contributed by atoms with van der Waals surface area (Å²) in [5.41, 5.74) is 4.03. The van der Waals surface area contributed by atoms with Gasteiger partial charge in [-0.25, -0.2) is 0 Å². The lowest BCUT2D eigenvalue weighted by Gasteiger charge is -2.18. The Balaban J connectivity index is 1.39. The van der Waals surface area contributed by atoms with Gasteiger partial charge in [0.05, 0.1) is 14.2 Å². The zero-order chi connectivity index (χ0) is 22.5. The zero-order valence-corrected chi connectivity index (χ0v) is 18.1. The van der Waals surface area contributed by atoms with E-state index in [9.17, 15) is 9.59 Å². The van der Waals surface area contributed by atoms with Gasteiger partial charge >= 0.3 is 0 Å². The molecule has 0 unspecified atom stereocenters. The highest BCUT2D eigenvalue weighted by atomic mass is 16.5. The van der Waals surface area contributed by atoms with E-state index in [1.165, 1.54) is 0 Å². The highest BCUT2D eigenvalue weighted by molar-refractivity contribution is 6.13. The molecule has 0 aliphatic heterocycles. The minimum absolute atomic E-state index is 0.0501. The fourth-order valence-electron chi connectivity index (χ4n) is 3.69. The highest BCUT2D eigenvalue weighted by Crippen LogP contribution is 2.29. The van der Waals surface area contributed by atoms with Gasteiger partial charge in [-0.1, -0.05) is 12.1 Å². The molecule has 1 aliphatic rings. The summed E-state index contributed by atoms with van der Waals surface area (Å²) in [4.78, 5) is 25.2.